The highest BCUT2D eigenvalue weighted by Crippen LogP contribution is 2.24. The van der Waals surface area contributed by atoms with E-state index >= 15 is 0 Å². The molecule has 0 fully saturated rings. The predicted octanol–water partition coefficient (Wildman–Crippen LogP) is 2.06. The van der Waals surface area contributed by atoms with Gasteiger partial charge in [-0.3, -0.25) is 0 Å². The zero-order valence-corrected chi connectivity index (χ0v) is 9.25. The first-order valence-corrected chi connectivity index (χ1v) is 5.37. The molecule has 74 valence electrons. The van der Waals surface area contributed by atoms with Gasteiger partial charge in [0.15, 0.2) is 0 Å². The molecule has 2 aromatic heterocycles. The van der Waals surface area contributed by atoms with Gasteiger partial charge in [-0.1, -0.05) is 19.1 Å². The Kier molecular flexibility index (Phi) is 2.33. The van der Waals surface area contributed by atoms with Gasteiger partial charge < -0.3 is 0 Å². The standard InChI is InChI=1S/C9H12N4S/c1-6(2)9-11-7(5-14-9)8-4-10-12-13(8)3/h4-6H,1-3H3. The van der Waals surface area contributed by atoms with Gasteiger partial charge in [-0.05, 0) is 0 Å². The third-order valence-corrected chi connectivity index (χ3v) is 3.14. The smallest absolute Gasteiger partial charge is 0.107 e. The molecule has 0 radical (unpaired) electrons. The second-order valence-electron chi connectivity index (χ2n) is 3.47. The lowest BCUT2D eigenvalue weighted by Crippen LogP contribution is -1.94. The molecule has 2 heterocycles. The van der Waals surface area contributed by atoms with Crippen LogP contribution in [0.3, 0.4) is 0 Å². The van der Waals surface area contributed by atoms with Gasteiger partial charge in [-0.15, -0.1) is 16.4 Å². The molecule has 0 bridgehead atoms. The molecule has 0 saturated heterocycles. The van der Waals surface area contributed by atoms with E-state index in [1.165, 1.54) is 0 Å². The van der Waals surface area contributed by atoms with Gasteiger partial charge in [0.05, 0.1) is 11.2 Å². The lowest BCUT2D eigenvalue weighted by molar-refractivity contribution is 0.719. The number of nitrogens with zero attached hydrogens (tertiary/aromatic N) is 4. The summed E-state index contributed by atoms with van der Waals surface area (Å²) in [5, 5.41) is 10.9. The molecule has 0 atom stereocenters. The number of hydrogen-bond acceptors (Lipinski definition) is 4. The van der Waals surface area contributed by atoms with Crippen molar-refractivity contribution in [2.75, 3.05) is 0 Å². The first kappa shape index (κ1) is 9.33. The van der Waals surface area contributed by atoms with Gasteiger partial charge >= 0.3 is 0 Å². The van der Waals surface area contributed by atoms with E-state index < -0.39 is 0 Å². The molecule has 2 aromatic rings. The Balaban J connectivity index is 2.39. The Morgan fingerprint density at radius 1 is 1.43 bits per heavy atom. The fourth-order valence-electron chi connectivity index (χ4n) is 1.19. The molecule has 0 unspecified atom stereocenters. The zero-order chi connectivity index (χ0) is 10.1. The molecule has 4 nitrogen and oxygen atoms in total. The van der Waals surface area contributed by atoms with Crippen LogP contribution in [0.5, 0.6) is 0 Å². The average molecular weight is 208 g/mol. The lowest BCUT2D eigenvalue weighted by atomic mass is 10.2. The van der Waals surface area contributed by atoms with Crippen LogP contribution < -0.4 is 0 Å². The van der Waals surface area contributed by atoms with Crippen molar-refractivity contribution in [3.8, 4) is 11.4 Å². The van der Waals surface area contributed by atoms with Crippen LogP contribution in [0.15, 0.2) is 11.6 Å². The number of aryl methyl sites for hydroxylation is 1. The summed E-state index contributed by atoms with van der Waals surface area (Å²) in [4.78, 5) is 4.53. The molecule has 14 heavy (non-hydrogen) atoms. The molecule has 0 aromatic carbocycles. The summed E-state index contributed by atoms with van der Waals surface area (Å²) in [6.07, 6.45) is 1.74. The van der Waals surface area contributed by atoms with Gasteiger partial charge in [0.2, 0.25) is 0 Å². The van der Waals surface area contributed by atoms with E-state index in [-0.39, 0.29) is 0 Å². The molecule has 0 aliphatic heterocycles. The Morgan fingerprint density at radius 3 is 2.71 bits per heavy atom. The van der Waals surface area contributed by atoms with Gasteiger partial charge in [0.1, 0.15) is 11.4 Å². The molecule has 0 amide bonds. The van der Waals surface area contributed by atoms with E-state index in [4.69, 9.17) is 0 Å². The van der Waals surface area contributed by atoms with Crippen LogP contribution in [-0.4, -0.2) is 20.0 Å². The average Bonchev–Trinajstić information content (AvgIpc) is 2.71. The van der Waals surface area contributed by atoms with Crippen molar-refractivity contribution in [1.82, 2.24) is 20.0 Å². The molecular weight excluding hydrogens is 196 g/mol. The number of aromatic nitrogens is 4. The summed E-state index contributed by atoms with van der Waals surface area (Å²) in [6.45, 7) is 4.29. The van der Waals surface area contributed by atoms with E-state index in [9.17, 15) is 0 Å². The van der Waals surface area contributed by atoms with Crippen LogP contribution in [0.4, 0.5) is 0 Å². The second kappa shape index (κ2) is 3.49. The van der Waals surface area contributed by atoms with Crippen molar-refractivity contribution in [2.45, 2.75) is 19.8 Å². The first-order valence-electron chi connectivity index (χ1n) is 4.49. The van der Waals surface area contributed by atoms with Crippen LogP contribution in [0.25, 0.3) is 11.4 Å². The minimum atomic E-state index is 0.481. The highest BCUT2D eigenvalue weighted by molar-refractivity contribution is 7.10. The Morgan fingerprint density at radius 2 is 2.21 bits per heavy atom. The first-order chi connectivity index (χ1) is 6.68. The van der Waals surface area contributed by atoms with E-state index in [2.05, 4.69) is 29.1 Å². The summed E-state index contributed by atoms with van der Waals surface area (Å²) in [5.74, 6) is 0.481. The maximum atomic E-state index is 4.53. The van der Waals surface area contributed by atoms with Crippen LogP contribution >= 0.6 is 11.3 Å². The molecule has 2 rings (SSSR count). The third kappa shape index (κ3) is 1.55. The SMILES string of the molecule is CC(C)c1nc(-c2cnnn2C)cs1. The largest absolute Gasteiger partial charge is 0.246 e. The maximum absolute atomic E-state index is 4.53. The van der Waals surface area contributed by atoms with Crippen LogP contribution in [-0.2, 0) is 7.05 Å². The second-order valence-corrected chi connectivity index (χ2v) is 4.36. The van der Waals surface area contributed by atoms with Gasteiger partial charge in [-0.25, -0.2) is 9.67 Å². The summed E-state index contributed by atoms with van der Waals surface area (Å²) in [7, 11) is 1.87. The van der Waals surface area contributed by atoms with Crippen molar-refractivity contribution in [1.29, 1.82) is 0 Å². The van der Waals surface area contributed by atoms with Crippen molar-refractivity contribution in [3.63, 3.8) is 0 Å². The summed E-state index contributed by atoms with van der Waals surface area (Å²) >= 11 is 1.68. The normalized spacial score (nSPS) is 11.1. The highest BCUT2D eigenvalue weighted by atomic mass is 32.1. The fourth-order valence-corrected chi connectivity index (χ4v) is 2.02. The van der Waals surface area contributed by atoms with E-state index in [1.807, 2.05) is 12.4 Å². The van der Waals surface area contributed by atoms with E-state index in [0.717, 1.165) is 16.4 Å². The molecule has 0 aliphatic carbocycles. The molecule has 0 N–H and O–H groups in total. The summed E-state index contributed by atoms with van der Waals surface area (Å²) in [6, 6.07) is 0. The molecule has 5 heteroatoms. The zero-order valence-electron chi connectivity index (χ0n) is 8.43. The Bertz CT molecular complexity index is 429. The summed E-state index contributed by atoms with van der Waals surface area (Å²) < 4.78 is 1.74. The summed E-state index contributed by atoms with van der Waals surface area (Å²) in [5.41, 5.74) is 1.93. The minimum absolute atomic E-state index is 0.481. The van der Waals surface area contributed by atoms with Gasteiger partial charge in [-0.2, -0.15) is 0 Å². The van der Waals surface area contributed by atoms with E-state index in [0.29, 0.717) is 5.92 Å². The van der Waals surface area contributed by atoms with Crippen molar-refractivity contribution >= 4 is 11.3 Å². The van der Waals surface area contributed by atoms with Crippen LogP contribution in [0, 0.1) is 0 Å². The molecule has 0 saturated carbocycles. The topological polar surface area (TPSA) is 43.6 Å². The van der Waals surface area contributed by atoms with Gasteiger partial charge in [0.25, 0.3) is 0 Å². The third-order valence-electron chi connectivity index (χ3n) is 1.99. The number of rotatable bonds is 2. The van der Waals surface area contributed by atoms with E-state index in [1.54, 1.807) is 22.2 Å². The van der Waals surface area contributed by atoms with Crippen molar-refractivity contribution < 1.29 is 0 Å². The number of hydrogen-bond donors (Lipinski definition) is 0. The quantitative estimate of drug-likeness (QED) is 0.758. The lowest BCUT2D eigenvalue weighted by Gasteiger charge is -1.97. The Labute approximate surface area is 86.6 Å². The van der Waals surface area contributed by atoms with Crippen molar-refractivity contribution in [3.05, 3.63) is 16.6 Å². The van der Waals surface area contributed by atoms with Gasteiger partial charge in [0, 0.05) is 18.3 Å². The maximum Gasteiger partial charge on any atom is 0.107 e. The molecule has 0 spiro atoms. The number of thiazole rings is 1. The monoisotopic (exact) mass is 208 g/mol. The van der Waals surface area contributed by atoms with Crippen LogP contribution in [0.1, 0.15) is 24.8 Å². The predicted molar refractivity (Wildman–Crippen MR) is 56.2 cm³/mol. The van der Waals surface area contributed by atoms with Crippen molar-refractivity contribution in [2.24, 2.45) is 7.05 Å². The highest BCUT2D eigenvalue weighted by Gasteiger charge is 2.10. The molecule has 0 aliphatic rings. The van der Waals surface area contributed by atoms with Crippen LogP contribution in [0.2, 0.25) is 0 Å². The fraction of sp³-hybridized carbons (Fsp3) is 0.444. The minimum Gasteiger partial charge on any atom is -0.246 e. The molecular formula is C9H12N4S. The Hall–Kier alpha value is -1.23.